The third kappa shape index (κ3) is 3.58. The monoisotopic (exact) mass is 384 g/mol. The van der Waals surface area contributed by atoms with Crippen LogP contribution in [0.15, 0.2) is 12.1 Å². The average molecular weight is 385 g/mol. The summed E-state index contributed by atoms with van der Waals surface area (Å²) in [5.41, 5.74) is -1.31. The lowest BCUT2D eigenvalue weighted by molar-refractivity contribution is -0.137. The Morgan fingerprint density at radius 2 is 1.85 bits per heavy atom. The summed E-state index contributed by atoms with van der Waals surface area (Å²) < 4.78 is 14.0. The van der Waals surface area contributed by atoms with Gasteiger partial charge in [0.15, 0.2) is 0 Å². The summed E-state index contributed by atoms with van der Waals surface area (Å²) in [6.07, 6.45) is 1.77. The molecule has 26 heavy (non-hydrogen) atoms. The fourth-order valence-electron chi connectivity index (χ4n) is 3.55. The number of phenols is 2. The number of carbonyl (C=O) groups excluding carboxylic acids is 2. The Balaban J connectivity index is 1.77. The fourth-order valence-corrected chi connectivity index (χ4v) is 3.71. The number of hydrogen-bond donors (Lipinski definition) is 2. The topological polar surface area (TPSA) is 81.1 Å². The van der Waals surface area contributed by atoms with Crippen LogP contribution in [0.25, 0.3) is 0 Å². The Kier molecular flexibility index (Phi) is 5.01. The first-order chi connectivity index (χ1) is 12.2. The molecule has 1 atom stereocenters. The van der Waals surface area contributed by atoms with Crippen molar-refractivity contribution < 1.29 is 24.2 Å². The van der Waals surface area contributed by atoms with Gasteiger partial charge in [-0.1, -0.05) is 11.6 Å². The molecule has 2 N–H and O–H groups in total. The lowest BCUT2D eigenvalue weighted by Gasteiger charge is -2.37. The van der Waals surface area contributed by atoms with Crippen molar-refractivity contribution >= 4 is 23.4 Å². The van der Waals surface area contributed by atoms with Crippen molar-refractivity contribution in [3.8, 4) is 11.5 Å². The van der Waals surface area contributed by atoms with E-state index in [1.807, 2.05) is 0 Å². The van der Waals surface area contributed by atoms with Gasteiger partial charge in [-0.25, -0.2) is 4.39 Å². The van der Waals surface area contributed by atoms with Gasteiger partial charge in [0.1, 0.15) is 23.2 Å². The van der Waals surface area contributed by atoms with Crippen molar-refractivity contribution in [2.75, 3.05) is 19.6 Å². The molecule has 0 saturated carbocycles. The molecule has 0 unspecified atom stereocenters. The van der Waals surface area contributed by atoms with Gasteiger partial charge in [-0.2, -0.15) is 0 Å². The number of halogens is 2. The quantitative estimate of drug-likeness (QED) is 0.821. The van der Waals surface area contributed by atoms with Gasteiger partial charge in [0.25, 0.3) is 5.91 Å². The molecule has 3 rings (SSSR count). The number of piperidine rings is 1. The number of nitrogens with zero attached hydrogens (tertiary/aromatic N) is 2. The van der Waals surface area contributed by atoms with E-state index < -0.39 is 17.6 Å². The van der Waals surface area contributed by atoms with E-state index in [0.717, 1.165) is 6.07 Å². The molecule has 6 nitrogen and oxygen atoms in total. The predicted molar refractivity (Wildman–Crippen MR) is 94.2 cm³/mol. The molecule has 1 aromatic carbocycles. The van der Waals surface area contributed by atoms with Gasteiger partial charge >= 0.3 is 0 Å². The molecular formula is C18H22ClFN2O4. The van der Waals surface area contributed by atoms with Crippen LogP contribution in [0.5, 0.6) is 11.5 Å². The molecule has 2 aliphatic rings. The Morgan fingerprint density at radius 1 is 1.19 bits per heavy atom. The number of phenolic OH excluding ortho intramolecular Hbond substituents is 2. The van der Waals surface area contributed by atoms with Gasteiger partial charge in [0.2, 0.25) is 5.91 Å². The number of hydrogen-bond acceptors (Lipinski definition) is 4. The van der Waals surface area contributed by atoms with Gasteiger partial charge in [0.05, 0.1) is 10.6 Å². The number of carbonyl (C=O) groups is 2. The van der Waals surface area contributed by atoms with E-state index in [2.05, 4.69) is 0 Å². The zero-order valence-corrected chi connectivity index (χ0v) is 15.3. The Bertz CT molecular complexity index is 730. The fraction of sp³-hybridized carbons (Fsp3) is 0.556. The highest BCUT2D eigenvalue weighted by molar-refractivity contribution is 6.32. The number of amides is 2. The molecule has 2 aliphatic heterocycles. The van der Waals surface area contributed by atoms with Crippen LogP contribution >= 0.6 is 11.6 Å². The Labute approximate surface area is 156 Å². The normalized spacial score (nSPS) is 22.5. The highest BCUT2D eigenvalue weighted by Crippen LogP contribution is 2.34. The van der Waals surface area contributed by atoms with Crippen LogP contribution in [0.4, 0.5) is 4.39 Å². The third-order valence-corrected chi connectivity index (χ3v) is 5.51. The molecule has 1 aromatic rings. The van der Waals surface area contributed by atoms with Gasteiger partial charge in [-0.05, 0) is 38.7 Å². The number of aromatic hydroxyl groups is 2. The summed E-state index contributed by atoms with van der Waals surface area (Å²) in [6, 6.07) is 1.58. The molecular weight excluding hydrogens is 363 g/mol. The van der Waals surface area contributed by atoms with Crippen molar-refractivity contribution in [2.45, 2.75) is 44.3 Å². The molecule has 8 heteroatoms. The summed E-state index contributed by atoms with van der Waals surface area (Å²) in [7, 11) is 0. The zero-order chi connectivity index (χ0) is 19.1. The van der Waals surface area contributed by atoms with Crippen LogP contribution in [-0.2, 0) is 4.79 Å². The summed E-state index contributed by atoms with van der Waals surface area (Å²) in [5.74, 6) is -1.40. The standard InChI is InChI=1S/C18H22ClFN2O4/c1-18(20)4-7-21(8-5-18)17(26)13-3-2-6-22(13)16(25)11-9-12(19)15(24)10-14(11)23/h9-10,13,23-24H,2-8H2,1H3/t13-/m1/s1. The smallest absolute Gasteiger partial charge is 0.258 e. The van der Waals surface area contributed by atoms with E-state index in [0.29, 0.717) is 32.5 Å². The van der Waals surface area contributed by atoms with Crippen molar-refractivity contribution in [1.82, 2.24) is 9.80 Å². The summed E-state index contributed by atoms with van der Waals surface area (Å²) in [6.45, 7) is 2.60. The van der Waals surface area contributed by atoms with Crippen LogP contribution < -0.4 is 0 Å². The van der Waals surface area contributed by atoms with E-state index in [9.17, 15) is 24.2 Å². The minimum absolute atomic E-state index is 0.0496. The van der Waals surface area contributed by atoms with Gasteiger partial charge in [0, 0.05) is 25.7 Å². The SMILES string of the molecule is CC1(F)CCN(C(=O)[C@H]2CCCN2C(=O)c2cc(Cl)c(O)cc2O)CC1. The van der Waals surface area contributed by atoms with Crippen LogP contribution in [0.2, 0.25) is 5.02 Å². The first-order valence-electron chi connectivity index (χ1n) is 8.70. The zero-order valence-electron chi connectivity index (χ0n) is 14.5. The van der Waals surface area contributed by atoms with Crippen LogP contribution in [-0.4, -0.2) is 63.2 Å². The number of benzene rings is 1. The number of likely N-dealkylation sites (tertiary alicyclic amines) is 2. The van der Waals surface area contributed by atoms with Crippen LogP contribution in [0.3, 0.4) is 0 Å². The Morgan fingerprint density at radius 3 is 2.50 bits per heavy atom. The van der Waals surface area contributed by atoms with Crippen molar-refractivity contribution in [2.24, 2.45) is 0 Å². The maximum Gasteiger partial charge on any atom is 0.258 e. The molecule has 2 heterocycles. The molecule has 2 fully saturated rings. The minimum Gasteiger partial charge on any atom is -0.507 e. The molecule has 0 bridgehead atoms. The van der Waals surface area contributed by atoms with E-state index in [1.54, 1.807) is 4.90 Å². The summed E-state index contributed by atoms with van der Waals surface area (Å²) in [5, 5.41) is 19.4. The average Bonchev–Trinajstić information content (AvgIpc) is 3.06. The minimum atomic E-state index is -1.25. The first-order valence-corrected chi connectivity index (χ1v) is 9.07. The van der Waals surface area contributed by atoms with E-state index in [1.165, 1.54) is 17.9 Å². The molecule has 2 amide bonds. The highest BCUT2D eigenvalue weighted by Gasteiger charge is 2.40. The van der Waals surface area contributed by atoms with Crippen molar-refractivity contribution in [3.05, 3.63) is 22.7 Å². The summed E-state index contributed by atoms with van der Waals surface area (Å²) in [4.78, 5) is 28.7. The molecule has 0 spiro atoms. The molecule has 142 valence electrons. The molecule has 0 radical (unpaired) electrons. The molecule has 0 aliphatic carbocycles. The second-order valence-electron chi connectivity index (χ2n) is 7.22. The second kappa shape index (κ2) is 6.95. The number of rotatable bonds is 2. The van der Waals surface area contributed by atoms with Gasteiger partial charge < -0.3 is 20.0 Å². The predicted octanol–water partition coefficient (Wildman–Crippen LogP) is 2.71. The lowest BCUT2D eigenvalue weighted by atomic mass is 9.95. The largest absolute Gasteiger partial charge is 0.507 e. The first kappa shape index (κ1) is 18.8. The summed E-state index contributed by atoms with van der Waals surface area (Å²) >= 11 is 5.84. The molecule has 0 aromatic heterocycles. The second-order valence-corrected chi connectivity index (χ2v) is 7.62. The molecule has 2 saturated heterocycles. The number of alkyl halides is 1. The Hall–Kier alpha value is -2.02. The van der Waals surface area contributed by atoms with Gasteiger partial charge in [-0.3, -0.25) is 9.59 Å². The van der Waals surface area contributed by atoms with Crippen molar-refractivity contribution in [1.29, 1.82) is 0 Å². The lowest BCUT2D eigenvalue weighted by Crippen LogP contribution is -2.51. The van der Waals surface area contributed by atoms with Gasteiger partial charge in [-0.15, -0.1) is 0 Å². The van der Waals surface area contributed by atoms with Crippen LogP contribution in [0.1, 0.15) is 43.0 Å². The van der Waals surface area contributed by atoms with E-state index in [4.69, 9.17) is 11.6 Å². The van der Waals surface area contributed by atoms with E-state index in [-0.39, 0.29) is 40.8 Å². The van der Waals surface area contributed by atoms with E-state index >= 15 is 0 Å². The third-order valence-electron chi connectivity index (χ3n) is 5.21. The van der Waals surface area contributed by atoms with Crippen LogP contribution in [0, 0.1) is 0 Å². The maximum atomic E-state index is 14.0. The highest BCUT2D eigenvalue weighted by atomic mass is 35.5. The van der Waals surface area contributed by atoms with Crippen molar-refractivity contribution in [3.63, 3.8) is 0 Å². The maximum absolute atomic E-state index is 14.0.